The fourth-order valence-corrected chi connectivity index (χ4v) is 5.36. The van der Waals surface area contributed by atoms with Crippen molar-refractivity contribution in [3.8, 4) is 5.75 Å². The maximum Gasteiger partial charge on any atom is 0.322 e. The number of rotatable bonds is 4. The molecule has 9 heteroatoms. The number of phenolic OH excluding ortho intramolecular Hbond substituents is 1. The number of fused-ring (bicyclic) bond motifs is 1. The molecule has 2 fully saturated rings. The highest BCUT2D eigenvalue weighted by atomic mass is 16.3. The Morgan fingerprint density at radius 3 is 2.50 bits per heavy atom. The van der Waals surface area contributed by atoms with E-state index in [1.54, 1.807) is 21.9 Å². The van der Waals surface area contributed by atoms with Crippen LogP contribution in [0.3, 0.4) is 0 Å². The summed E-state index contributed by atoms with van der Waals surface area (Å²) in [5.74, 6) is 0.132. The van der Waals surface area contributed by atoms with Crippen LogP contribution in [-0.4, -0.2) is 69.5 Å². The summed E-state index contributed by atoms with van der Waals surface area (Å²) in [6, 6.07) is 13.9. The maximum atomic E-state index is 13.2. The van der Waals surface area contributed by atoms with Crippen molar-refractivity contribution in [3.05, 3.63) is 59.7 Å². The number of hydrogen-bond donors (Lipinski definition) is 3. The molecule has 0 aliphatic carbocycles. The molecule has 5 rings (SSSR count). The van der Waals surface area contributed by atoms with Gasteiger partial charge in [-0.25, -0.2) is 9.59 Å². The van der Waals surface area contributed by atoms with E-state index in [4.69, 9.17) is 0 Å². The molecule has 3 aliphatic heterocycles. The summed E-state index contributed by atoms with van der Waals surface area (Å²) >= 11 is 0. The molecule has 2 aromatic rings. The number of nitrogens with zero attached hydrogens (tertiary/aromatic N) is 3. The van der Waals surface area contributed by atoms with E-state index in [0.29, 0.717) is 52.0 Å². The van der Waals surface area contributed by atoms with Crippen LogP contribution in [0.25, 0.3) is 0 Å². The molecular weight excluding hydrogens is 458 g/mol. The number of aromatic hydroxyl groups is 1. The normalized spacial score (nSPS) is 21.0. The first-order valence-electron chi connectivity index (χ1n) is 12.8. The van der Waals surface area contributed by atoms with Gasteiger partial charge in [-0.15, -0.1) is 0 Å². The predicted octanol–water partition coefficient (Wildman–Crippen LogP) is 3.50. The third kappa shape index (κ3) is 5.24. The average Bonchev–Trinajstić information content (AvgIpc) is 3.06. The lowest BCUT2D eigenvalue weighted by Gasteiger charge is -2.40. The van der Waals surface area contributed by atoms with Gasteiger partial charge in [0.2, 0.25) is 5.91 Å². The molecule has 3 aliphatic rings. The summed E-state index contributed by atoms with van der Waals surface area (Å²) in [5, 5.41) is 15.5. The summed E-state index contributed by atoms with van der Waals surface area (Å²) in [6.45, 7) is 2.77. The highest BCUT2D eigenvalue weighted by Gasteiger charge is 2.34. The Balaban J connectivity index is 1.15. The van der Waals surface area contributed by atoms with Crippen molar-refractivity contribution in [3.63, 3.8) is 0 Å². The molecular formula is C27H33N5O4. The molecule has 0 aromatic heterocycles. The highest BCUT2D eigenvalue weighted by Crippen LogP contribution is 2.27. The van der Waals surface area contributed by atoms with E-state index in [9.17, 15) is 19.5 Å². The van der Waals surface area contributed by atoms with Crippen molar-refractivity contribution < 1.29 is 19.5 Å². The molecule has 3 N–H and O–H groups in total. The molecule has 2 aromatic carbocycles. The molecule has 2 saturated heterocycles. The predicted molar refractivity (Wildman–Crippen MR) is 135 cm³/mol. The van der Waals surface area contributed by atoms with Gasteiger partial charge in [-0.3, -0.25) is 4.79 Å². The lowest BCUT2D eigenvalue weighted by molar-refractivity contribution is -0.133. The van der Waals surface area contributed by atoms with Crippen molar-refractivity contribution in [2.24, 2.45) is 0 Å². The molecule has 5 amide bonds. The molecule has 0 unspecified atom stereocenters. The third-order valence-corrected chi connectivity index (χ3v) is 7.44. The van der Waals surface area contributed by atoms with Crippen molar-refractivity contribution in [2.75, 3.05) is 25.0 Å². The fourth-order valence-electron chi connectivity index (χ4n) is 5.36. The zero-order chi connectivity index (χ0) is 25.1. The van der Waals surface area contributed by atoms with Gasteiger partial charge in [0.15, 0.2) is 0 Å². The first kappa shape index (κ1) is 24.0. The molecule has 0 bridgehead atoms. The second kappa shape index (κ2) is 10.5. The van der Waals surface area contributed by atoms with Crippen LogP contribution >= 0.6 is 0 Å². The van der Waals surface area contributed by atoms with E-state index >= 15 is 0 Å². The number of piperidine rings is 1. The van der Waals surface area contributed by atoms with Gasteiger partial charge in [-0.05, 0) is 61.4 Å². The SMILES string of the molecule is O=C(N[C@@H]1CCCCN(Cc2ccc(O)cc2)C1=O)N1CCC(N2Cc3ccccc3NC2=O)CC1. The van der Waals surface area contributed by atoms with E-state index in [-0.39, 0.29) is 29.8 Å². The van der Waals surface area contributed by atoms with E-state index in [1.165, 1.54) is 0 Å². The number of nitrogens with one attached hydrogen (secondary N) is 2. The summed E-state index contributed by atoms with van der Waals surface area (Å²) in [5.41, 5.74) is 2.91. The first-order valence-corrected chi connectivity index (χ1v) is 12.8. The number of para-hydroxylation sites is 1. The third-order valence-electron chi connectivity index (χ3n) is 7.44. The minimum Gasteiger partial charge on any atom is -0.508 e. The molecule has 0 radical (unpaired) electrons. The number of phenols is 1. The quantitative estimate of drug-likeness (QED) is 0.609. The Morgan fingerprint density at radius 2 is 1.72 bits per heavy atom. The average molecular weight is 492 g/mol. The van der Waals surface area contributed by atoms with E-state index in [2.05, 4.69) is 10.6 Å². The van der Waals surface area contributed by atoms with Crippen LogP contribution in [0.4, 0.5) is 15.3 Å². The molecule has 36 heavy (non-hydrogen) atoms. The zero-order valence-corrected chi connectivity index (χ0v) is 20.4. The Morgan fingerprint density at radius 1 is 0.972 bits per heavy atom. The van der Waals surface area contributed by atoms with Gasteiger partial charge in [0.25, 0.3) is 0 Å². The van der Waals surface area contributed by atoms with Crippen LogP contribution in [-0.2, 0) is 17.9 Å². The number of carbonyl (C=O) groups is 3. The summed E-state index contributed by atoms with van der Waals surface area (Å²) in [7, 11) is 0. The molecule has 190 valence electrons. The van der Waals surface area contributed by atoms with Gasteiger partial charge in [0.1, 0.15) is 11.8 Å². The standard InChI is InChI=1S/C27H33N5O4/c33-22-10-8-19(9-11-22)17-31-14-4-3-7-24(25(31)34)29-26(35)30-15-12-21(13-16-30)32-18-20-5-1-2-6-23(20)28-27(32)36/h1-2,5-6,8-11,21,24,33H,3-4,7,12-18H2,(H,28,36)(H,29,35)/t24-/m1/s1. The molecule has 3 heterocycles. The van der Waals surface area contributed by atoms with Crippen molar-refractivity contribution >= 4 is 23.7 Å². The minimum absolute atomic E-state index is 0.0625. The number of anilines is 1. The van der Waals surface area contributed by atoms with Crippen LogP contribution in [0.15, 0.2) is 48.5 Å². The number of amides is 5. The van der Waals surface area contributed by atoms with E-state index in [1.807, 2.05) is 41.3 Å². The zero-order valence-electron chi connectivity index (χ0n) is 20.4. The van der Waals surface area contributed by atoms with Gasteiger partial charge in [-0.1, -0.05) is 30.3 Å². The molecule has 1 atom stereocenters. The van der Waals surface area contributed by atoms with Crippen LogP contribution in [0.2, 0.25) is 0 Å². The van der Waals surface area contributed by atoms with Gasteiger partial charge < -0.3 is 30.4 Å². The van der Waals surface area contributed by atoms with Crippen molar-refractivity contribution in [1.29, 1.82) is 0 Å². The lowest BCUT2D eigenvalue weighted by atomic mass is 10.0. The summed E-state index contributed by atoms with van der Waals surface area (Å²) < 4.78 is 0. The molecule has 9 nitrogen and oxygen atoms in total. The first-order chi connectivity index (χ1) is 17.5. The monoisotopic (exact) mass is 491 g/mol. The van der Waals surface area contributed by atoms with Gasteiger partial charge in [-0.2, -0.15) is 0 Å². The number of benzene rings is 2. The van der Waals surface area contributed by atoms with E-state index in [0.717, 1.165) is 29.7 Å². The van der Waals surface area contributed by atoms with Crippen molar-refractivity contribution in [1.82, 2.24) is 20.0 Å². The molecule has 0 spiro atoms. The van der Waals surface area contributed by atoms with Gasteiger partial charge >= 0.3 is 12.1 Å². The number of likely N-dealkylation sites (tertiary alicyclic amines) is 2. The van der Waals surface area contributed by atoms with Crippen LogP contribution in [0.1, 0.15) is 43.2 Å². The van der Waals surface area contributed by atoms with Crippen LogP contribution in [0.5, 0.6) is 5.75 Å². The Hall–Kier alpha value is -3.75. The Labute approximate surface area is 211 Å². The summed E-state index contributed by atoms with van der Waals surface area (Å²) in [6.07, 6.45) is 3.79. The van der Waals surface area contributed by atoms with Crippen LogP contribution < -0.4 is 10.6 Å². The largest absolute Gasteiger partial charge is 0.508 e. The Kier molecular flexibility index (Phi) is 6.97. The topological polar surface area (TPSA) is 105 Å². The minimum atomic E-state index is -0.542. The lowest BCUT2D eigenvalue weighted by Crippen LogP contribution is -2.55. The fraction of sp³-hybridized carbons (Fsp3) is 0.444. The maximum absolute atomic E-state index is 13.2. The van der Waals surface area contributed by atoms with Gasteiger partial charge in [0, 0.05) is 44.5 Å². The summed E-state index contributed by atoms with van der Waals surface area (Å²) in [4.78, 5) is 44.4. The van der Waals surface area contributed by atoms with Crippen LogP contribution in [0, 0.1) is 0 Å². The smallest absolute Gasteiger partial charge is 0.322 e. The molecule has 0 saturated carbocycles. The number of urea groups is 2. The van der Waals surface area contributed by atoms with Crippen molar-refractivity contribution in [2.45, 2.75) is 57.3 Å². The number of hydrogen-bond acceptors (Lipinski definition) is 4. The van der Waals surface area contributed by atoms with E-state index < -0.39 is 6.04 Å². The second-order valence-corrected chi connectivity index (χ2v) is 9.86. The second-order valence-electron chi connectivity index (χ2n) is 9.86. The van der Waals surface area contributed by atoms with Gasteiger partial charge in [0.05, 0.1) is 0 Å². The Bertz CT molecular complexity index is 1110. The highest BCUT2D eigenvalue weighted by molar-refractivity contribution is 5.92. The number of carbonyl (C=O) groups excluding carboxylic acids is 3.